The van der Waals surface area contributed by atoms with Crippen molar-refractivity contribution in [2.75, 3.05) is 0 Å². The Bertz CT molecular complexity index is 313. The van der Waals surface area contributed by atoms with Gasteiger partial charge in [-0.15, -0.1) is 0 Å². The van der Waals surface area contributed by atoms with E-state index in [1.807, 2.05) is 0 Å². The molecule has 0 aromatic carbocycles. The first-order valence-electron chi connectivity index (χ1n) is 6.27. The zero-order chi connectivity index (χ0) is 12.4. The second-order valence-electron chi connectivity index (χ2n) is 6.16. The van der Waals surface area contributed by atoms with Gasteiger partial charge in [-0.05, 0) is 38.5 Å². The Hall–Kier alpha value is -0.200. The maximum Gasteiger partial charge on any atom is 0.183 e. The molecule has 1 heterocycles. The van der Waals surface area contributed by atoms with Crippen LogP contribution in [0.4, 0.5) is 0 Å². The molecule has 7 unspecified atom stereocenters. The van der Waals surface area contributed by atoms with Crippen LogP contribution in [-0.2, 0) is 9.47 Å². The van der Waals surface area contributed by atoms with Crippen LogP contribution in [0.25, 0.3) is 0 Å². The summed E-state index contributed by atoms with van der Waals surface area (Å²) in [5.74, 6) is 0.933. The smallest absolute Gasteiger partial charge is 0.183 e. The Morgan fingerprint density at radius 3 is 2.59 bits per heavy atom. The molecular formula is C12H20O5. The van der Waals surface area contributed by atoms with Crippen LogP contribution >= 0.6 is 0 Å². The van der Waals surface area contributed by atoms with Crippen LogP contribution in [0.15, 0.2) is 0 Å². The minimum Gasteiger partial charge on any atom is -0.385 e. The molecule has 0 spiro atoms. The molecule has 2 saturated carbocycles. The van der Waals surface area contributed by atoms with Crippen LogP contribution in [0.5, 0.6) is 0 Å². The molecule has 1 saturated heterocycles. The van der Waals surface area contributed by atoms with E-state index >= 15 is 0 Å². The monoisotopic (exact) mass is 244 g/mol. The van der Waals surface area contributed by atoms with Gasteiger partial charge in [-0.1, -0.05) is 0 Å². The molecule has 1 aliphatic heterocycles. The van der Waals surface area contributed by atoms with E-state index in [2.05, 4.69) is 0 Å². The molecular weight excluding hydrogens is 224 g/mol. The Balaban J connectivity index is 1.71. The van der Waals surface area contributed by atoms with E-state index in [-0.39, 0.29) is 18.1 Å². The lowest BCUT2D eigenvalue weighted by molar-refractivity contribution is -0.244. The van der Waals surface area contributed by atoms with Gasteiger partial charge in [0.15, 0.2) is 12.6 Å². The van der Waals surface area contributed by atoms with Crippen molar-refractivity contribution in [1.29, 1.82) is 0 Å². The van der Waals surface area contributed by atoms with Crippen molar-refractivity contribution < 1.29 is 24.8 Å². The highest BCUT2D eigenvalue weighted by molar-refractivity contribution is 5.07. The first kappa shape index (κ1) is 11.9. The summed E-state index contributed by atoms with van der Waals surface area (Å²) in [6.45, 7) is 3.02. The molecule has 0 radical (unpaired) electrons. The molecule has 3 N–H and O–H groups in total. The highest BCUT2D eigenvalue weighted by atomic mass is 16.7. The Labute approximate surface area is 100 Å². The topological polar surface area (TPSA) is 79.2 Å². The minimum atomic E-state index is -1.28. The van der Waals surface area contributed by atoms with Gasteiger partial charge in [0.05, 0.1) is 12.2 Å². The average Bonchev–Trinajstić information content (AvgIpc) is 2.80. The number of fused-ring (bicyclic) bond motifs is 1. The van der Waals surface area contributed by atoms with E-state index in [4.69, 9.17) is 9.47 Å². The zero-order valence-corrected chi connectivity index (χ0v) is 10.1. The molecule has 2 aliphatic carbocycles. The van der Waals surface area contributed by atoms with Gasteiger partial charge in [-0.2, -0.15) is 0 Å². The van der Waals surface area contributed by atoms with Crippen molar-refractivity contribution >= 4 is 0 Å². The Morgan fingerprint density at radius 1 is 1.29 bits per heavy atom. The lowest BCUT2D eigenvalue weighted by Gasteiger charge is -2.32. The SMILES string of the molecule is CC(C)(O)C(O)OC1C2CC3C(O)OC1C3C2. The molecule has 5 nitrogen and oxygen atoms in total. The first-order chi connectivity index (χ1) is 7.88. The second kappa shape index (κ2) is 3.65. The van der Waals surface area contributed by atoms with Crippen molar-refractivity contribution in [3.63, 3.8) is 0 Å². The van der Waals surface area contributed by atoms with E-state index in [1.165, 1.54) is 13.8 Å². The van der Waals surface area contributed by atoms with E-state index < -0.39 is 18.2 Å². The molecule has 3 fully saturated rings. The summed E-state index contributed by atoms with van der Waals surface area (Å²) >= 11 is 0. The highest BCUT2D eigenvalue weighted by Gasteiger charge is 2.61. The maximum atomic E-state index is 9.78. The van der Waals surface area contributed by atoms with Crippen LogP contribution in [0.1, 0.15) is 26.7 Å². The molecule has 2 bridgehead atoms. The van der Waals surface area contributed by atoms with E-state index in [1.54, 1.807) is 0 Å². The molecule has 0 aromatic rings. The van der Waals surface area contributed by atoms with Gasteiger partial charge in [0, 0.05) is 5.92 Å². The standard InChI is InChI=1S/C12H20O5/c1-12(2,15)11(14)17-8-5-3-6-7(4-5)10(13)16-9(6)8/h5-11,13-15H,3-4H2,1-2H3. The molecule has 3 aliphatic rings. The van der Waals surface area contributed by atoms with Gasteiger partial charge in [0.25, 0.3) is 0 Å². The van der Waals surface area contributed by atoms with Gasteiger partial charge in [-0.3, -0.25) is 0 Å². The van der Waals surface area contributed by atoms with Gasteiger partial charge in [0.1, 0.15) is 5.60 Å². The van der Waals surface area contributed by atoms with Crippen LogP contribution < -0.4 is 0 Å². The van der Waals surface area contributed by atoms with Crippen molar-refractivity contribution in [1.82, 2.24) is 0 Å². The van der Waals surface area contributed by atoms with Gasteiger partial charge < -0.3 is 24.8 Å². The predicted octanol–water partition coefficient (Wildman–Crippen LogP) is -0.166. The van der Waals surface area contributed by atoms with Crippen LogP contribution in [0.2, 0.25) is 0 Å². The van der Waals surface area contributed by atoms with Crippen molar-refractivity contribution in [3.05, 3.63) is 0 Å². The fourth-order valence-electron chi connectivity index (χ4n) is 3.57. The van der Waals surface area contributed by atoms with Gasteiger partial charge in [0.2, 0.25) is 0 Å². The number of rotatable bonds is 3. The predicted molar refractivity (Wildman–Crippen MR) is 57.8 cm³/mol. The zero-order valence-electron chi connectivity index (χ0n) is 10.1. The number of ether oxygens (including phenoxy) is 2. The number of hydrogen-bond donors (Lipinski definition) is 3. The third kappa shape index (κ3) is 1.72. The lowest BCUT2D eigenvalue weighted by atomic mass is 9.87. The van der Waals surface area contributed by atoms with Crippen molar-refractivity contribution in [2.45, 2.75) is 57.1 Å². The molecule has 0 amide bonds. The molecule has 17 heavy (non-hydrogen) atoms. The average molecular weight is 244 g/mol. The number of hydrogen-bond acceptors (Lipinski definition) is 5. The maximum absolute atomic E-state index is 9.78. The second-order valence-corrected chi connectivity index (χ2v) is 6.16. The minimum absolute atomic E-state index is 0.120. The van der Waals surface area contributed by atoms with E-state index in [0.717, 1.165) is 12.8 Å². The van der Waals surface area contributed by atoms with Gasteiger partial charge in [-0.25, -0.2) is 0 Å². The molecule has 5 heteroatoms. The van der Waals surface area contributed by atoms with Gasteiger partial charge >= 0.3 is 0 Å². The van der Waals surface area contributed by atoms with E-state index in [9.17, 15) is 15.3 Å². The summed E-state index contributed by atoms with van der Waals surface area (Å²) in [6, 6.07) is 0. The number of aliphatic hydroxyl groups excluding tert-OH is 2. The van der Waals surface area contributed by atoms with Crippen molar-refractivity contribution in [2.24, 2.45) is 17.8 Å². The molecule has 98 valence electrons. The fraction of sp³-hybridized carbons (Fsp3) is 1.00. The van der Waals surface area contributed by atoms with Crippen LogP contribution in [0.3, 0.4) is 0 Å². The summed E-state index contributed by atoms with van der Waals surface area (Å²) < 4.78 is 11.1. The molecule has 3 rings (SSSR count). The Kier molecular flexibility index (Phi) is 2.55. The third-order valence-electron chi connectivity index (χ3n) is 4.46. The van der Waals surface area contributed by atoms with Crippen LogP contribution in [-0.4, -0.2) is 45.7 Å². The summed E-state index contributed by atoms with van der Waals surface area (Å²) in [7, 11) is 0. The summed E-state index contributed by atoms with van der Waals surface area (Å²) in [5.41, 5.74) is -1.28. The van der Waals surface area contributed by atoms with Crippen molar-refractivity contribution in [3.8, 4) is 0 Å². The summed E-state index contributed by atoms with van der Waals surface area (Å²) in [4.78, 5) is 0. The van der Waals surface area contributed by atoms with Crippen LogP contribution in [0, 0.1) is 17.8 Å². The fourth-order valence-corrected chi connectivity index (χ4v) is 3.57. The van der Waals surface area contributed by atoms with E-state index in [0.29, 0.717) is 11.8 Å². The summed E-state index contributed by atoms with van der Waals surface area (Å²) in [5, 5.41) is 29.2. The quantitative estimate of drug-likeness (QED) is 0.601. The number of aliphatic hydroxyl groups is 3. The normalized spacial score (nSPS) is 49.9. The first-order valence-corrected chi connectivity index (χ1v) is 6.27. The highest BCUT2D eigenvalue weighted by Crippen LogP contribution is 2.57. The lowest BCUT2D eigenvalue weighted by Crippen LogP contribution is -2.45. The largest absolute Gasteiger partial charge is 0.385 e. The summed E-state index contributed by atoms with van der Waals surface area (Å²) in [6.07, 6.45) is -0.323. The molecule has 0 aromatic heterocycles. The third-order valence-corrected chi connectivity index (χ3v) is 4.46. The molecule has 7 atom stereocenters. The Morgan fingerprint density at radius 2 is 1.94 bits per heavy atom.